The number of anilines is 1. The van der Waals surface area contributed by atoms with Gasteiger partial charge in [-0.1, -0.05) is 34.6 Å². The van der Waals surface area contributed by atoms with Gasteiger partial charge in [0, 0.05) is 27.9 Å². The van der Waals surface area contributed by atoms with E-state index in [0.717, 1.165) is 4.90 Å². The smallest absolute Gasteiger partial charge is 0.240 e. The summed E-state index contributed by atoms with van der Waals surface area (Å²) in [6, 6.07) is 4.81. The Balaban J connectivity index is 2.90. The van der Waals surface area contributed by atoms with E-state index in [-0.39, 0.29) is 21.5 Å². The Hall–Kier alpha value is -0.700. The van der Waals surface area contributed by atoms with E-state index >= 15 is 0 Å². The van der Waals surface area contributed by atoms with Crippen molar-refractivity contribution >= 4 is 45.1 Å². The minimum absolute atomic E-state index is 0.0970. The maximum Gasteiger partial charge on any atom is 0.240 e. The molecule has 0 spiro atoms. The lowest BCUT2D eigenvalue weighted by Crippen LogP contribution is -2.27. The van der Waals surface area contributed by atoms with Crippen LogP contribution < -0.4 is 10.0 Å². The van der Waals surface area contributed by atoms with Crippen molar-refractivity contribution in [3.05, 3.63) is 18.2 Å². The highest BCUT2D eigenvalue weighted by Crippen LogP contribution is 2.29. The Bertz CT molecular complexity index is 696. The highest BCUT2D eigenvalue weighted by atomic mass is 32.2. The second kappa shape index (κ2) is 9.30. The molecule has 0 unspecified atom stereocenters. The number of thioether (sulfide) groups is 2. The standard InChI is InChI=1S/C17H28N2O3S3/c1-12(2)16(20)19-14-11-13(7-8-15(14)23-6)25(21,22)18-9-10-24-17(3,4)5/h7-8,11-12,18H,9-10H2,1-6H3,(H,19,20). The molecule has 142 valence electrons. The first-order valence-electron chi connectivity index (χ1n) is 8.09. The number of carbonyl (C=O) groups excluding carboxylic acids is 1. The van der Waals surface area contributed by atoms with E-state index in [1.165, 1.54) is 17.8 Å². The van der Waals surface area contributed by atoms with Gasteiger partial charge in [0.05, 0.1) is 10.6 Å². The van der Waals surface area contributed by atoms with Gasteiger partial charge in [-0.3, -0.25) is 4.79 Å². The average molecular weight is 405 g/mol. The summed E-state index contributed by atoms with van der Waals surface area (Å²) in [4.78, 5) is 12.9. The summed E-state index contributed by atoms with van der Waals surface area (Å²) in [5.41, 5.74) is 0.526. The monoisotopic (exact) mass is 404 g/mol. The first-order valence-corrected chi connectivity index (χ1v) is 11.8. The van der Waals surface area contributed by atoms with Crippen molar-refractivity contribution < 1.29 is 13.2 Å². The summed E-state index contributed by atoms with van der Waals surface area (Å²) in [7, 11) is -3.61. The van der Waals surface area contributed by atoms with Gasteiger partial charge in [0.1, 0.15) is 0 Å². The third kappa shape index (κ3) is 7.60. The van der Waals surface area contributed by atoms with Crippen LogP contribution in [0.1, 0.15) is 34.6 Å². The molecule has 0 aromatic heterocycles. The maximum absolute atomic E-state index is 12.5. The van der Waals surface area contributed by atoms with Gasteiger partial charge < -0.3 is 5.32 Å². The van der Waals surface area contributed by atoms with Crippen molar-refractivity contribution in [1.29, 1.82) is 0 Å². The quantitative estimate of drug-likeness (QED) is 0.509. The van der Waals surface area contributed by atoms with Crippen LogP contribution in [0.4, 0.5) is 5.69 Å². The fraction of sp³-hybridized carbons (Fsp3) is 0.588. The molecule has 0 aliphatic rings. The summed E-state index contributed by atoms with van der Waals surface area (Å²) in [5, 5.41) is 2.80. The van der Waals surface area contributed by atoms with E-state index in [0.29, 0.717) is 18.0 Å². The summed E-state index contributed by atoms with van der Waals surface area (Å²) in [6.07, 6.45) is 1.89. The fourth-order valence-electron chi connectivity index (χ4n) is 1.85. The Morgan fingerprint density at radius 2 is 1.88 bits per heavy atom. The zero-order chi connectivity index (χ0) is 19.3. The van der Waals surface area contributed by atoms with Gasteiger partial charge in [0.25, 0.3) is 0 Å². The molecule has 1 aromatic rings. The molecule has 0 atom stereocenters. The van der Waals surface area contributed by atoms with Crippen LogP contribution in [0.3, 0.4) is 0 Å². The summed E-state index contributed by atoms with van der Waals surface area (Å²) >= 11 is 3.16. The highest BCUT2D eigenvalue weighted by Gasteiger charge is 2.18. The molecule has 0 saturated heterocycles. The predicted molar refractivity (Wildman–Crippen MR) is 109 cm³/mol. The van der Waals surface area contributed by atoms with Gasteiger partial charge in [-0.05, 0) is 24.5 Å². The Kier molecular flexibility index (Phi) is 8.31. The van der Waals surface area contributed by atoms with E-state index in [1.54, 1.807) is 37.7 Å². The molecule has 0 aliphatic carbocycles. The highest BCUT2D eigenvalue weighted by molar-refractivity contribution is 8.00. The SMILES string of the molecule is CSc1ccc(S(=O)(=O)NCCSC(C)(C)C)cc1NC(=O)C(C)C. The molecule has 25 heavy (non-hydrogen) atoms. The third-order valence-corrected chi connectivity index (χ3v) is 6.72. The normalized spacial score (nSPS) is 12.4. The lowest BCUT2D eigenvalue weighted by Gasteiger charge is -2.17. The van der Waals surface area contributed by atoms with Crippen molar-refractivity contribution in [2.24, 2.45) is 5.92 Å². The van der Waals surface area contributed by atoms with Gasteiger partial charge in [-0.15, -0.1) is 11.8 Å². The average Bonchev–Trinajstić information content (AvgIpc) is 2.50. The molecule has 0 bridgehead atoms. The van der Waals surface area contributed by atoms with Crippen LogP contribution in [0.25, 0.3) is 0 Å². The van der Waals surface area contributed by atoms with Crippen molar-refractivity contribution in [3.63, 3.8) is 0 Å². The van der Waals surface area contributed by atoms with Gasteiger partial charge in [-0.2, -0.15) is 11.8 Å². The van der Waals surface area contributed by atoms with E-state index < -0.39 is 10.0 Å². The molecule has 0 radical (unpaired) electrons. The van der Waals surface area contributed by atoms with Crippen LogP contribution in [-0.4, -0.2) is 37.6 Å². The number of amides is 1. The van der Waals surface area contributed by atoms with E-state index in [9.17, 15) is 13.2 Å². The number of rotatable bonds is 8. The molecule has 1 aromatic carbocycles. The van der Waals surface area contributed by atoms with Crippen LogP contribution in [0.15, 0.2) is 28.0 Å². The second-order valence-corrected chi connectivity index (χ2v) is 11.4. The van der Waals surface area contributed by atoms with E-state index in [4.69, 9.17) is 0 Å². The molecule has 0 aliphatic heterocycles. The maximum atomic E-state index is 12.5. The molecule has 1 amide bonds. The molecule has 8 heteroatoms. The number of nitrogens with one attached hydrogen (secondary N) is 2. The van der Waals surface area contributed by atoms with Gasteiger partial charge in [-0.25, -0.2) is 13.1 Å². The lowest BCUT2D eigenvalue weighted by atomic mass is 10.2. The first-order chi connectivity index (χ1) is 11.5. The van der Waals surface area contributed by atoms with Crippen LogP contribution in [0, 0.1) is 5.92 Å². The largest absolute Gasteiger partial charge is 0.325 e. The van der Waals surface area contributed by atoms with Gasteiger partial charge in [0.2, 0.25) is 15.9 Å². The summed E-state index contributed by atoms with van der Waals surface area (Å²) < 4.78 is 27.7. The van der Waals surface area contributed by atoms with Gasteiger partial charge >= 0.3 is 0 Å². The van der Waals surface area contributed by atoms with Crippen LogP contribution >= 0.6 is 23.5 Å². The molecule has 0 saturated carbocycles. The number of hydrogen-bond donors (Lipinski definition) is 2. The summed E-state index contributed by atoms with van der Waals surface area (Å²) in [5.74, 6) is 0.379. The van der Waals surface area contributed by atoms with Crippen molar-refractivity contribution in [2.75, 3.05) is 23.9 Å². The van der Waals surface area contributed by atoms with Gasteiger partial charge in [0.15, 0.2) is 0 Å². The van der Waals surface area contributed by atoms with Crippen LogP contribution in [0.5, 0.6) is 0 Å². The zero-order valence-corrected chi connectivity index (χ0v) is 18.1. The zero-order valence-electron chi connectivity index (χ0n) is 15.7. The van der Waals surface area contributed by atoms with Crippen molar-refractivity contribution in [1.82, 2.24) is 4.72 Å². The molecule has 1 rings (SSSR count). The number of hydrogen-bond acceptors (Lipinski definition) is 5. The lowest BCUT2D eigenvalue weighted by molar-refractivity contribution is -0.118. The van der Waals surface area contributed by atoms with Crippen molar-refractivity contribution in [2.45, 2.75) is 49.2 Å². The van der Waals surface area contributed by atoms with E-state index in [2.05, 4.69) is 30.8 Å². The molecule has 2 N–H and O–H groups in total. The minimum Gasteiger partial charge on any atom is -0.325 e. The number of carbonyl (C=O) groups is 1. The number of sulfonamides is 1. The molecule has 0 fully saturated rings. The first kappa shape index (κ1) is 22.3. The Morgan fingerprint density at radius 1 is 1.24 bits per heavy atom. The third-order valence-electron chi connectivity index (χ3n) is 3.19. The topological polar surface area (TPSA) is 75.3 Å². The van der Waals surface area contributed by atoms with Crippen molar-refractivity contribution in [3.8, 4) is 0 Å². The van der Waals surface area contributed by atoms with Crippen LogP contribution in [0.2, 0.25) is 0 Å². The molecular weight excluding hydrogens is 376 g/mol. The van der Waals surface area contributed by atoms with E-state index in [1.807, 2.05) is 6.26 Å². The fourth-order valence-corrected chi connectivity index (χ4v) is 4.38. The molecule has 0 heterocycles. The summed E-state index contributed by atoms with van der Waals surface area (Å²) in [6.45, 7) is 10.2. The Morgan fingerprint density at radius 3 is 2.40 bits per heavy atom. The number of benzene rings is 1. The Labute approximate surface area is 160 Å². The minimum atomic E-state index is -3.61. The molecular formula is C17H28N2O3S3. The second-order valence-electron chi connectivity index (χ2n) is 6.86. The molecule has 5 nitrogen and oxygen atoms in total. The predicted octanol–water partition coefficient (Wildman–Crippen LogP) is 3.81. The van der Waals surface area contributed by atoms with Crippen LogP contribution in [-0.2, 0) is 14.8 Å².